The lowest BCUT2D eigenvalue weighted by atomic mass is 9.70. The summed E-state index contributed by atoms with van der Waals surface area (Å²) in [7, 11) is 1.73. The quantitative estimate of drug-likeness (QED) is 0.622. The molecule has 0 radical (unpaired) electrons. The summed E-state index contributed by atoms with van der Waals surface area (Å²) in [4.78, 5) is 40.1. The maximum atomic E-state index is 13.2. The van der Waals surface area contributed by atoms with E-state index in [9.17, 15) is 14.4 Å². The number of hydrogen-bond donors (Lipinski definition) is 0. The first kappa shape index (κ1) is 17.8. The highest BCUT2D eigenvalue weighted by Crippen LogP contribution is 2.44. The van der Waals surface area contributed by atoms with Crippen molar-refractivity contribution in [3.8, 4) is 0 Å². The Labute approximate surface area is 149 Å². The molecule has 4 heteroatoms. The Morgan fingerprint density at radius 2 is 1.72 bits per heavy atom. The molecule has 3 rings (SSSR count). The van der Waals surface area contributed by atoms with Gasteiger partial charge in [-0.1, -0.05) is 50.1 Å². The van der Waals surface area contributed by atoms with Crippen LogP contribution in [0.15, 0.2) is 30.3 Å². The largest absolute Gasteiger partial charge is 0.332 e. The summed E-state index contributed by atoms with van der Waals surface area (Å²) in [5.41, 5.74) is -0.204. The van der Waals surface area contributed by atoms with Gasteiger partial charge in [-0.3, -0.25) is 14.4 Å². The SMILES string of the molecule is CN1C(=O)C(CC(=O)c2ccccc2)C(=O)C1(C)[C@H]1CC[C@@H](C)CC1. The number of carbonyl (C=O) groups excluding carboxylic acids is 3. The van der Waals surface area contributed by atoms with Crippen LogP contribution in [0.2, 0.25) is 0 Å². The molecule has 4 nitrogen and oxygen atoms in total. The Morgan fingerprint density at radius 3 is 2.32 bits per heavy atom. The van der Waals surface area contributed by atoms with Gasteiger partial charge in [0.2, 0.25) is 5.91 Å². The zero-order chi connectivity index (χ0) is 18.2. The first-order valence-corrected chi connectivity index (χ1v) is 9.26. The van der Waals surface area contributed by atoms with Crippen molar-refractivity contribution in [3.63, 3.8) is 0 Å². The van der Waals surface area contributed by atoms with Crippen LogP contribution in [-0.4, -0.2) is 35.0 Å². The number of amides is 1. The summed E-state index contributed by atoms with van der Waals surface area (Å²) in [5.74, 6) is -0.349. The molecule has 2 aliphatic rings. The number of rotatable bonds is 4. The van der Waals surface area contributed by atoms with Crippen molar-refractivity contribution in [2.75, 3.05) is 7.05 Å². The normalized spacial score (nSPS) is 32.9. The van der Waals surface area contributed by atoms with Crippen LogP contribution in [0.25, 0.3) is 0 Å². The molecular formula is C21H27NO3. The fraction of sp³-hybridized carbons (Fsp3) is 0.571. The molecule has 1 aliphatic carbocycles. The topological polar surface area (TPSA) is 54.5 Å². The van der Waals surface area contributed by atoms with Crippen molar-refractivity contribution in [1.29, 1.82) is 0 Å². The lowest BCUT2D eigenvalue weighted by Gasteiger charge is -2.41. The van der Waals surface area contributed by atoms with Gasteiger partial charge in [0, 0.05) is 19.0 Å². The van der Waals surface area contributed by atoms with E-state index in [4.69, 9.17) is 0 Å². The first-order chi connectivity index (χ1) is 11.9. The molecule has 0 spiro atoms. The predicted octanol–water partition coefficient (Wildman–Crippen LogP) is 3.50. The summed E-state index contributed by atoms with van der Waals surface area (Å²) in [5, 5.41) is 0. The highest BCUT2D eigenvalue weighted by atomic mass is 16.2. The van der Waals surface area contributed by atoms with Crippen LogP contribution < -0.4 is 0 Å². The van der Waals surface area contributed by atoms with Crippen molar-refractivity contribution in [2.45, 2.75) is 51.5 Å². The third kappa shape index (κ3) is 3.03. The number of hydrogen-bond acceptors (Lipinski definition) is 3. The number of likely N-dealkylation sites (N-methyl/N-ethyl adjacent to an activating group) is 1. The van der Waals surface area contributed by atoms with Crippen molar-refractivity contribution in [2.24, 2.45) is 17.8 Å². The molecule has 0 aromatic heterocycles. The molecule has 2 fully saturated rings. The molecule has 2 atom stereocenters. The van der Waals surface area contributed by atoms with Gasteiger partial charge in [0.25, 0.3) is 0 Å². The molecule has 1 aromatic rings. The van der Waals surface area contributed by atoms with Crippen molar-refractivity contribution in [3.05, 3.63) is 35.9 Å². The first-order valence-electron chi connectivity index (χ1n) is 9.26. The third-order valence-electron chi connectivity index (χ3n) is 6.44. The fourth-order valence-corrected chi connectivity index (χ4v) is 4.50. The van der Waals surface area contributed by atoms with Crippen LogP contribution in [0.1, 0.15) is 56.3 Å². The minimum Gasteiger partial charge on any atom is -0.332 e. The molecule has 0 bridgehead atoms. The summed E-state index contributed by atoms with van der Waals surface area (Å²) >= 11 is 0. The van der Waals surface area contributed by atoms with Crippen LogP contribution >= 0.6 is 0 Å². The van der Waals surface area contributed by atoms with Gasteiger partial charge in [0.1, 0.15) is 11.5 Å². The Hall–Kier alpha value is -1.97. The second-order valence-electron chi connectivity index (χ2n) is 7.91. The average Bonchev–Trinajstić information content (AvgIpc) is 2.79. The molecule has 1 amide bonds. The Morgan fingerprint density at radius 1 is 1.12 bits per heavy atom. The zero-order valence-electron chi connectivity index (χ0n) is 15.3. The van der Waals surface area contributed by atoms with Crippen LogP contribution in [0, 0.1) is 17.8 Å². The Balaban J connectivity index is 1.79. The van der Waals surface area contributed by atoms with Crippen LogP contribution in [0.3, 0.4) is 0 Å². The van der Waals surface area contributed by atoms with Crippen molar-refractivity contribution >= 4 is 17.5 Å². The monoisotopic (exact) mass is 341 g/mol. The van der Waals surface area contributed by atoms with Gasteiger partial charge in [0.05, 0.1) is 0 Å². The lowest BCUT2D eigenvalue weighted by Crippen LogP contribution is -2.52. The third-order valence-corrected chi connectivity index (χ3v) is 6.44. The maximum Gasteiger partial charge on any atom is 0.234 e. The van der Waals surface area contributed by atoms with E-state index in [1.165, 1.54) is 0 Å². The van der Waals surface area contributed by atoms with Gasteiger partial charge in [0.15, 0.2) is 11.6 Å². The van der Waals surface area contributed by atoms with Gasteiger partial charge in [-0.15, -0.1) is 0 Å². The minimum atomic E-state index is -0.831. The summed E-state index contributed by atoms with van der Waals surface area (Å²) < 4.78 is 0. The summed E-state index contributed by atoms with van der Waals surface area (Å²) in [6.07, 6.45) is 4.12. The van der Waals surface area contributed by atoms with Crippen LogP contribution in [-0.2, 0) is 9.59 Å². The number of benzene rings is 1. The van der Waals surface area contributed by atoms with E-state index >= 15 is 0 Å². The number of ketones is 2. The predicted molar refractivity (Wildman–Crippen MR) is 96.2 cm³/mol. The number of carbonyl (C=O) groups is 3. The molecule has 1 aliphatic heterocycles. The molecule has 1 saturated heterocycles. The highest BCUT2D eigenvalue weighted by Gasteiger charge is 2.57. The molecule has 1 saturated carbocycles. The van der Waals surface area contributed by atoms with E-state index in [2.05, 4.69) is 6.92 Å². The standard InChI is InChI=1S/C21H27NO3/c1-14-9-11-16(12-10-14)21(2)19(24)17(20(25)22(21)3)13-18(23)15-7-5-4-6-8-15/h4-8,14,16-17H,9-13H2,1-3H3/t14-,16+,17?,21?. The van der Waals surface area contributed by atoms with E-state index in [0.717, 1.165) is 25.7 Å². The van der Waals surface area contributed by atoms with E-state index in [1.807, 2.05) is 13.0 Å². The van der Waals surface area contributed by atoms with Gasteiger partial charge >= 0.3 is 0 Å². The summed E-state index contributed by atoms with van der Waals surface area (Å²) in [6.45, 7) is 4.14. The van der Waals surface area contributed by atoms with Crippen molar-refractivity contribution in [1.82, 2.24) is 4.90 Å². The van der Waals surface area contributed by atoms with Crippen molar-refractivity contribution < 1.29 is 14.4 Å². The molecule has 2 unspecified atom stereocenters. The lowest BCUT2D eigenvalue weighted by molar-refractivity contribution is -0.134. The zero-order valence-corrected chi connectivity index (χ0v) is 15.3. The van der Waals surface area contributed by atoms with E-state index in [-0.39, 0.29) is 29.8 Å². The molecule has 1 aromatic carbocycles. The van der Waals surface area contributed by atoms with Crippen LogP contribution in [0.5, 0.6) is 0 Å². The smallest absolute Gasteiger partial charge is 0.234 e. The van der Waals surface area contributed by atoms with Gasteiger partial charge in [-0.25, -0.2) is 0 Å². The van der Waals surface area contributed by atoms with Gasteiger partial charge in [-0.2, -0.15) is 0 Å². The average molecular weight is 341 g/mol. The second-order valence-corrected chi connectivity index (χ2v) is 7.91. The van der Waals surface area contributed by atoms with Gasteiger partial charge in [-0.05, 0) is 31.6 Å². The Kier molecular flexibility index (Phi) is 4.81. The Bertz CT molecular complexity index is 676. The maximum absolute atomic E-state index is 13.2. The molecule has 134 valence electrons. The van der Waals surface area contributed by atoms with E-state index in [1.54, 1.807) is 36.2 Å². The van der Waals surface area contributed by atoms with E-state index in [0.29, 0.717) is 11.5 Å². The molecule has 1 heterocycles. The number of likely N-dealkylation sites (tertiary alicyclic amines) is 1. The molecular weight excluding hydrogens is 314 g/mol. The van der Waals surface area contributed by atoms with Gasteiger partial charge < -0.3 is 4.90 Å². The fourth-order valence-electron chi connectivity index (χ4n) is 4.50. The molecule has 0 N–H and O–H groups in total. The minimum absolute atomic E-state index is 0.0231. The second kappa shape index (κ2) is 6.74. The summed E-state index contributed by atoms with van der Waals surface area (Å²) in [6, 6.07) is 8.91. The number of Topliss-reactive ketones (excluding diaryl/α,β-unsaturated/α-hetero) is 2. The molecule has 25 heavy (non-hydrogen) atoms. The van der Waals surface area contributed by atoms with Crippen LogP contribution in [0.4, 0.5) is 0 Å². The highest BCUT2D eigenvalue weighted by molar-refractivity contribution is 6.15. The van der Waals surface area contributed by atoms with E-state index < -0.39 is 11.5 Å². The number of nitrogens with zero attached hydrogens (tertiary/aromatic N) is 1.